The minimum absolute atomic E-state index is 0.0639. The average molecular weight is 213 g/mol. The summed E-state index contributed by atoms with van der Waals surface area (Å²) in [6, 6.07) is 0.389. The minimum Gasteiger partial charge on any atom is -0.293 e. The fourth-order valence-corrected chi connectivity index (χ4v) is 2.64. The van der Waals surface area contributed by atoms with Crippen LogP contribution in [0.5, 0.6) is 0 Å². The van der Waals surface area contributed by atoms with Crippen molar-refractivity contribution >= 4 is 5.91 Å². The Morgan fingerprint density at radius 3 is 2.40 bits per heavy atom. The number of rotatable bonds is 3. The zero-order valence-corrected chi connectivity index (χ0v) is 10.2. The van der Waals surface area contributed by atoms with Crippen LogP contribution in [0, 0.1) is 11.8 Å². The fraction of sp³-hybridized carbons (Fsp3) is 0.909. The molecule has 1 fully saturated rings. The van der Waals surface area contributed by atoms with Crippen molar-refractivity contribution in [1.29, 1.82) is 0 Å². The molecule has 0 spiro atoms. The molecule has 0 bridgehead atoms. The normalized spacial score (nSPS) is 29.5. The van der Waals surface area contributed by atoms with Gasteiger partial charge in [-0.15, -0.1) is 0 Å². The zero-order chi connectivity index (χ0) is 11.6. The predicted molar refractivity (Wildman–Crippen MR) is 60.9 cm³/mol. The van der Waals surface area contributed by atoms with Gasteiger partial charge in [0.05, 0.1) is 6.04 Å². The number of carbonyl (C=O) groups is 1. The molecule has 4 heteroatoms. The molecule has 3 N–H and O–H groups in total. The Bertz CT molecular complexity index is 230. The zero-order valence-electron chi connectivity index (χ0n) is 10.2. The van der Waals surface area contributed by atoms with Crippen molar-refractivity contribution in [3.05, 3.63) is 0 Å². The van der Waals surface area contributed by atoms with Crippen LogP contribution < -0.4 is 11.3 Å². The number of nitrogens with two attached hydrogens (primary N) is 1. The van der Waals surface area contributed by atoms with Crippen molar-refractivity contribution in [2.45, 2.75) is 46.2 Å². The standard InChI is InChI=1S/C11H23N3O/c1-7(2)10(11(15)13-12)14-6-8(3)5-9(14)4/h7-10H,5-6,12H2,1-4H3,(H,13,15). The molecule has 0 aromatic rings. The van der Waals surface area contributed by atoms with E-state index in [-0.39, 0.29) is 11.9 Å². The maximum atomic E-state index is 11.7. The molecular weight excluding hydrogens is 190 g/mol. The van der Waals surface area contributed by atoms with Crippen LogP contribution >= 0.6 is 0 Å². The molecule has 88 valence electrons. The van der Waals surface area contributed by atoms with Crippen LogP contribution in [0.25, 0.3) is 0 Å². The van der Waals surface area contributed by atoms with E-state index in [9.17, 15) is 4.79 Å². The average Bonchev–Trinajstić information content (AvgIpc) is 2.45. The molecule has 0 saturated carbocycles. The summed E-state index contributed by atoms with van der Waals surface area (Å²) in [6.07, 6.45) is 1.17. The lowest BCUT2D eigenvalue weighted by molar-refractivity contribution is -0.128. The Hall–Kier alpha value is -0.610. The van der Waals surface area contributed by atoms with E-state index in [0.717, 1.165) is 6.54 Å². The van der Waals surface area contributed by atoms with Crippen molar-refractivity contribution in [3.8, 4) is 0 Å². The molecule has 0 aliphatic carbocycles. The minimum atomic E-state index is -0.0880. The molecule has 1 heterocycles. The number of nitrogens with zero attached hydrogens (tertiary/aromatic N) is 1. The topological polar surface area (TPSA) is 58.4 Å². The Kier molecular flexibility index (Phi) is 4.11. The molecule has 0 radical (unpaired) electrons. The van der Waals surface area contributed by atoms with Crippen molar-refractivity contribution < 1.29 is 4.79 Å². The first-order valence-corrected chi connectivity index (χ1v) is 5.73. The maximum absolute atomic E-state index is 11.7. The highest BCUT2D eigenvalue weighted by Crippen LogP contribution is 2.27. The largest absolute Gasteiger partial charge is 0.293 e. The van der Waals surface area contributed by atoms with Gasteiger partial charge in [-0.05, 0) is 25.2 Å². The Morgan fingerprint density at radius 2 is 2.07 bits per heavy atom. The van der Waals surface area contributed by atoms with Gasteiger partial charge in [0.1, 0.15) is 0 Å². The summed E-state index contributed by atoms with van der Waals surface area (Å²) >= 11 is 0. The van der Waals surface area contributed by atoms with Gasteiger partial charge in [-0.2, -0.15) is 0 Å². The second-order valence-electron chi connectivity index (χ2n) is 5.08. The lowest BCUT2D eigenvalue weighted by Crippen LogP contribution is -2.52. The van der Waals surface area contributed by atoms with Gasteiger partial charge < -0.3 is 0 Å². The van der Waals surface area contributed by atoms with Crippen molar-refractivity contribution in [1.82, 2.24) is 10.3 Å². The van der Waals surface area contributed by atoms with E-state index in [1.165, 1.54) is 6.42 Å². The molecule has 1 aliphatic rings. The van der Waals surface area contributed by atoms with E-state index in [1.807, 2.05) is 0 Å². The molecule has 3 atom stereocenters. The Morgan fingerprint density at radius 1 is 1.47 bits per heavy atom. The summed E-state index contributed by atoms with van der Waals surface area (Å²) in [7, 11) is 0. The van der Waals surface area contributed by atoms with Crippen LogP contribution in [-0.4, -0.2) is 29.4 Å². The number of amides is 1. The number of likely N-dealkylation sites (tertiary alicyclic amines) is 1. The molecule has 3 unspecified atom stereocenters. The Labute approximate surface area is 92.2 Å². The molecule has 1 rings (SSSR count). The van der Waals surface area contributed by atoms with Gasteiger partial charge in [-0.3, -0.25) is 15.1 Å². The van der Waals surface area contributed by atoms with Crippen LogP contribution in [0.1, 0.15) is 34.1 Å². The molecule has 1 aliphatic heterocycles. The summed E-state index contributed by atoms with van der Waals surface area (Å²) in [4.78, 5) is 14.0. The quantitative estimate of drug-likeness (QED) is 0.413. The van der Waals surface area contributed by atoms with E-state index >= 15 is 0 Å². The summed E-state index contributed by atoms with van der Waals surface area (Å²) < 4.78 is 0. The van der Waals surface area contributed by atoms with Gasteiger partial charge in [-0.1, -0.05) is 20.8 Å². The smallest absolute Gasteiger partial charge is 0.251 e. The number of hydrogen-bond donors (Lipinski definition) is 2. The number of hydrogen-bond acceptors (Lipinski definition) is 3. The van der Waals surface area contributed by atoms with Gasteiger partial charge in [0.15, 0.2) is 0 Å². The number of carbonyl (C=O) groups excluding carboxylic acids is 1. The predicted octanol–water partition coefficient (Wildman–Crippen LogP) is 0.731. The fourth-order valence-electron chi connectivity index (χ4n) is 2.64. The second kappa shape index (κ2) is 4.94. The first-order chi connectivity index (χ1) is 6.97. The van der Waals surface area contributed by atoms with Crippen molar-refractivity contribution in [2.24, 2.45) is 17.7 Å². The van der Waals surface area contributed by atoms with Gasteiger partial charge in [0.2, 0.25) is 0 Å². The van der Waals surface area contributed by atoms with Crippen LogP contribution in [0.2, 0.25) is 0 Å². The molecule has 0 aromatic heterocycles. The first-order valence-electron chi connectivity index (χ1n) is 5.73. The van der Waals surface area contributed by atoms with E-state index in [2.05, 4.69) is 38.0 Å². The highest BCUT2D eigenvalue weighted by atomic mass is 16.2. The second-order valence-corrected chi connectivity index (χ2v) is 5.08. The molecular formula is C11H23N3O. The number of nitrogens with one attached hydrogen (secondary N) is 1. The summed E-state index contributed by atoms with van der Waals surface area (Å²) in [6.45, 7) is 9.54. The summed E-state index contributed by atoms with van der Waals surface area (Å²) in [5.74, 6) is 6.13. The van der Waals surface area contributed by atoms with E-state index in [4.69, 9.17) is 5.84 Å². The van der Waals surface area contributed by atoms with Crippen LogP contribution in [0.3, 0.4) is 0 Å². The number of hydrazine groups is 1. The third-order valence-corrected chi connectivity index (χ3v) is 3.23. The maximum Gasteiger partial charge on any atom is 0.251 e. The van der Waals surface area contributed by atoms with Crippen LogP contribution in [0.4, 0.5) is 0 Å². The lowest BCUT2D eigenvalue weighted by atomic mass is 10.0. The molecule has 1 amide bonds. The molecule has 1 saturated heterocycles. The van der Waals surface area contributed by atoms with Gasteiger partial charge >= 0.3 is 0 Å². The van der Waals surface area contributed by atoms with Crippen LogP contribution in [-0.2, 0) is 4.79 Å². The van der Waals surface area contributed by atoms with E-state index < -0.39 is 0 Å². The van der Waals surface area contributed by atoms with E-state index in [0.29, 0.717) is 17.9 Å². The third-order valence-electron chi connectivity index (χ3n) is 3.23. The Balaban J connectivity index is 2.76. The summed E-state index contributed by atoms with van der Waals surface area (Å²) in [5.41, 5.74) is 2.28. The van der Waals surface area contributed by atoms with Crippen LogP contribution in [0.15, 0.2) is 0 Å². The SMILES string of the molecule is CC1CC(C)N(C(C(=O)NN)C(C)C)C1. The van der Waals surface area contributed by atoms with Crippen molar-refractivity contribution in [3.63, 3.8) is 0 Å². The van der Waals surface area contributed by atoms with Gasteiger partial charge in [0, 0.05) is 12.6 Å². The highest BCUT2D eigenvalue weighted by Gasteiger charge is 2.36. The van der Waals surface area contributed by atoms with Gasteiger partial charge in [-0.25, -0.2) is 5.84 Å². The van der Waals surface area contributed by atoms with Gasteiger partial charge in [0.25, 0.3) is 5.91 Å². The first kappa shape index (κ1) is 12.5. The third kappa shape index (κ3) is 2.69. The molecule has 15 heavy (non-hydrogen) atoms. The summed E-state index contributed by atoms with van der Waals surface area (Å²) in [5, 5.41) is 0. The molecule has 4 nitrogen and oxygen atoms in total. The molecule has 0 aromatic carbocycles. The monoisotopic (exact) mass is 213 g/mol. The van der Waals surface area contributed by atoms with E-state index in [1.54, 1.807) is 0 Å². The highest BCUT2D eigenvalue weighted by molar-refractivity contribution is 5.81. The lowest BCUT2D eigenvalue weighted by Gasteiger charge is -2.32. The van der Waals surface area contributed by atoms with Crippen molar-refractivity contribution in [2.75, 3.05) is 6.54 Å².